The number of nitro benzene ring substituents is 1. The number of aromatic nitrogens is 1. The number of carbonyl (C=O) groups excluding carboxylic acids is 8. The van der Waals surface area contributed by atoms with Crippen LogP contribution in [0.25, 0.3) is 20.8 Å². The Kier molecular flexibility index (Phi) is 23.3. The number of thiazole rings is 1. The van der Waals surface area contributed by atoms with E-state index in [-0.39, 0.29) is 75.0 Å². The van der Waals surface area contributed by atoms with Crippen LogP contribution in [0.5, 0.6) is 23.0 Å². The lowest BCUT2D eigenvalue weighted by atomic mass is 9.82. The third-order valence-electron chi connectivity index (χ3n) is 11.7. The van der Waals surface area contributed by atoms with E-state index in [0.717, 1.165) is 23.5 Å². The summed E-state index contributed by atoms with van der Waals surface area (Å²) in [6.07, 6.45) is 4.44. The smallest absolute Gasteiger partial charge is 0.341 e. The van der Waals surface area contributed by atoms with Crippen molar-refractivity contribution in [2.24, 2.45) is 23.7 Å². The van der Waals surface area contributed by atoms with Gasteiger partial charge in [-0.2, -0.15) is 0 Å². The summed E-state index contributed by atoms with van der Waals surface area (Å²) >= 11 is 1.13. The van der Waals surface area contributed by atoms with Crippen molar-refractivity contribution in [3.8, 4) is 33.6 Å². The van der Waals surface area contributed by atoms with Crippen LogP contribution in [-0.2, 0) is 47.7 Å². The van der Waals surface area contributed by atoms with Crippen LogP contribution in [0.4, 0.5) is 5.69 Å². The number of benzene rings is 4. The molecule has 2 fully saturated rings. The summed E-state index contributed by atoms with van der Waals surface area (Å²) in [5.41, 5.74) is 0.877. The number of carbonyl (C=O) groups is 8. The number of rotatable bonds is 18. The van der Waals surface area contributed by atoms with Gasteiger partial charge in [0, 0.05) is 29.8 Å². The summed E-state index contributed by atoms with van der Waals surface area (Å²) in [5.74, 6) is -6.68. The summed E-state index contributed by atoms with van der Waals surface area (Å²) in [7, 11) is 0. The molecule has 0 N–H and O–H groups in total. The normalized spacial score (nSPS) is 16.3. The Bertz CT molecular complexity index is 2730. The third kappa shape index (κ3) is 16.0. The largest absolute Gasteiger partial charge is 0.426 e. The number of non-ortho nitro benzene ring substituents is 1. The Labute approximate surface area is 443 Å². The Morgan fingerprint density at radius 1 is 0.526 bits per heavy atom. The van der Waals surface area contributed by atoms with E-state index in [2.05, 4.69) is 22.6 Å². The van der Waals surface area contributed by atoms with Crippen LogP contribution in [0.15, 0.2) is 110 Å². The van der Waals surface area contributed by atoms with Crippen molar-refractivity contribution in [1.29, 1.82) is 0 Å². The fourth-order valence-electron chi connectivity index (χ4n) is 7.77. The van der Waals surface area contributed by atoms with Gasteiger partial charge in [0.05, 0.1) is 39.7 Å². The molecular formula is C55H60N2O18S. The van der Waals surface area contributed by atoms with Gasteiger partial charge in [0.25, 0.3) is 5.69 Å². The van der Waals surface area contributed by atoms with E-state index in [9.17, 15) is 48.5 Å². The highest BCUT2D eigenvalue weighted by atomic mass is 32.1. The van der Waals surface area contributed by atoms with Crippen LogP contribution in [0.2, 0.25) is 0 Å². The number of hydrogen-bond donors (Lipinski definition) is 0. The van der Waals surface area contributed by atoms with Crippen LogP contribution in [0.1, 0.15) is 102 Å². The molecule has 76 heavy (non-hydrogen) atoms. The minimum atomic E-state index is -0.760. The first-order valence-corrected chi connectivity index (χ1v) is 23.2. The van der Waals surface area contributed by atoms with Crippen LogP contribution < -0.4 is 18.9 Å². The number of esters is 8. The standard InChI is InChI=1S/C51H44N2O18S.4CH4/c1-3-41(54)64-27-66-46(56)30-15-21-37(22-16-30)68-48(58)32-5-9-34(10-6-32)50(60)70-39-25-26-40(44-43(39)52-45(72-44)29-13-19-36(20-14-29)53(62)63)71-51(61)35-11-7-33(8-12-35)49(59)69-38-23-17-31(18-24-38)47(57)67-28-65-42(55)4-2;;;;/h3-4,13-26,32-35H,1-2,5-12,27-28H2;4*1H4. The van der Waals surface area contributed by atoms with E-state index >= 15 is 0 Å². The third-order valence-corrected chi connectivity index (χ3v) is 12.9. The molecule has 2 aliphatic carbocycles. The number of nitro groups is 1. The van der Waals surface area contributed by atoms with Gasteiger partial charge in [0.2, 0.25) is 13.6 Å². The van der Waals surface area contributed by atoms with Crippen molar-refractivity contribution in [3.63, 3.8) is 0 Å². The summed E-state index contributed by atoms with van der Waals surface area (Å²) in [6, 6.07) is 19.9. The molecule has 404 valence electrons. The van der Waals surface area contributed by atoms with Gasteiger partial charge in [-0.15, -0.1) is 11.3 Å². The molecule has 0 atom stereocenters. The summed E-state index contributed by atoms with van der Waals surface area (Å²) in [6.45, 7) is 5.31. The van der Waals surface area contributed by atoms with Crippen molar-refractivity contribution >= 4 is 75.0 Å². The van der Waals surface area contributed by atoms with E-state index in [1.165, 1.54) is 84.9 Å². The SMILES string of the molecule is C.C.C.C.C=CC(=O)OCOC(=O)c1ccc(OC(=O)C2CCC(C(=O)Oc3ccc(OC(=O)C4CCC(C(=O)Oc5ccc(C(=O)OCOC(=O)C=C)cc5)CC4)c4sc(-c5ccc([N+](=O)[O-])cc5)nc34)CC2)cc1. The Balaban J connectivity index is 0.00000380. The van der Waals surface area contributed by atoms with E-state index < -0.39 is 89.9 Å². The molecule has 0 bridgehead atoms. The minimum absolute atomic E-state index is 0. The summed E-state index contributed by atoms with van der Waals surface area (Å²) < 4.78 is 42.4. The maximum atomic E-state index is 13.7. The van der Waals surface area contributed by atoms with Crippen molar-refractivity contribution in [2.75, 3.05) is 13.6 Å². The van der Waals surface area contributed by atoms with Crippen molar-refractivity contribution in [1.82, 2.24) is 4.98 Å². The second-order valence-corrected chi connectivity index (χ2v) is 17.3. The van der Waals surface area contributed by atoms with Gasteiger partial charge in [0.1, 0.15) is 26.7 Å². The van der Waals surface area contributed by atoms with Gasteiger partial charge in [-0.1, -0.05) is 42.9 Å². The van der Waals surface area contributed by atoms with Crippen molar-refractivity contribution in [2.45, 2.75) is 81.1 Å². The van der Waals surface area contributed by atoms with Crippen LogP contribution in [0, 0.1) is 33.8 Å². The first-order chi connectivity index (χ1) is 34.7. The lowest BCUT2D eigenvalue weighted by Gasteiger charge is -2.26. The Morgan fingerprint density at radius 3 is 1.28 bits per heavy atom. The number of nitrogens with zero attached hydrogens (tertiary/aromatic N) is 2. The zero-order valence-corrected chi connectivity index (χ0v) is 39.0. The molecule has 0 amide bonds. The van der Waals surface area contributed by atoms with E-state index in [4.69, 9.17) is 33.4 Å². The number of ether oxygens (including phenoxy) is 8. The fourth-order valence-corrected chi connectivity index (χ4v) is 8.81. The lowest BCUT2D eigenvalue weighted by molar-refractivity contribution is -0.384. The number of hydrogen-bond acceptors (Lipinski definition) is 20. The quantitative estimate of drug-likeness (QED) is 0.0197. The van der Waals surface area contributed by atoms with Gasteiger partial charge >= 0.3 is 47.8 Å². The molecule has 1 aromatic heterocycles. The van der Waals surface area contributed by atoms with E-state index in [1.54, 1.807) is 0 Å². The average Bonchev–Trinajstić information content (AvgIpc) is 3.86. The van der Waals surface area contributed by atoms with E-state index in [1.807, 2.05) is 0 Å². The van der Waals surface area contributed by atoms with Gasteiger partial charge in [0.15, 0.2) is 11.5 Å². The van der Waals surface area contributed by atoms with Crippen LogP contribution >= 0.6 is 11.3 Å². The van der Waals surface area contributed by atoms with Gasteiger partial charge in [-0.25, -0.2) is 24.2 Å². The molecular weight excluding hydrogens is 1010 g/mol. The van der Waals surface area contributed by atoms with Crippen LogP contribution in [0.3, 0.4) is 0 Å². The first kappa shape index (κ1) is 61.7. The molecule has 20 nitrogen and oxygen atoms in total. The lowest BCUT2D eigenvalue weighted by Crippen LogP contribution is -2.30. The van der Waals surface area contributed by atoms with Gasteiger partial charge < -0.3 is 37.9 Å². The highest BCUT2D eigenvalue weighted by molar-refractivity contribution is 7.22. The highest BCUT2D eigenvalue weighted by Crippen LogP contribution is 2.43. The monoisotopic (exact) mass is 1070 g/mol. The second kappa shape index (κ2) is 28.8. The molecule has 21 heteroatoms. The molecule has 0 spiro atoms. The van der Waals surface area contributed by atoms with Crippen molar-refractivity contribution < 1.29 is 81.2 Å². The Morgan fingerprint density at radius 2 is 0.895 bits per heavy atom. The predicted octanol–water partition coefficient (Wildman–Crippen LogP) is 10.7. The zero-order valence-electron chi connectivity index (χ0n) is 38.2. The first-order valence-electron chi connectivity index (χ1n) is 22.4. The molecule has 4 aromatic carbocycles. The molecule has 7 rings (SSSR count). The molecule has 0 radical (unpaired) electrons. The Hall–Kier alpha value is -8.59. The molecule has 2 saturated carbocycles. The van der Waals surface area contributed by atoms with Gasteiger partial charge in [-0.05, 0) is 124 Å². The second-order valence-electron chi connectivity index (χ2n) is 16.3. The molecule has 5 aromatic rings. The molecule has 0 saturated heterocycles. The predicted molar refractivity (Wildman–Crippen MR) is 278 cm³/mol. The van der Waals surface area contributed by atoms with E-state index in [0.29, 0.717) is 66.6 Å². The maximum absolute atomic E-state index is 13.7. The maximum Gasteiger partial charge on any atom is 0.341 e. The summed E-state index contributed by atoms with van der Waals surface area (Å²) in [4.78, 5) is 116. The molecule has 2 aliphatic rings. The number of fused-ring (bicyclic) bond motifs is 1. The van der Waals surface area contributed by atoms with Crippen LogP contribution in [-0.4, -0.2) is 71.2 Å². The highest BCUT2D eigenvalue weighted by Gasteiger charge is 2.35. The van der Waals surface area contributed by atoms with Crippen molar-refractivity contribution in [3.05, 3.63) is 131 Å². The summed E-state index contributed by atoms with van der Waals surface area (Å²) in [5, 5.41) is 11.7. The molecule has 0 unspecified atom stereocenters. The fraction of sp³-hybridized carbons (Fsp3) is 0.327. The van der Waals surface area contributed by atoms with Gasteiger partial charge in [-0.3, -0.25) is 29.3 Å². The zero-order chi connectivity index (χ0) is 51.3. The molecule has 1 heterocycles. The average molecular weight is 1070 g/mol. The topological polar surface area (TPSA) is 266 Å². The minimum Gasteiger partial charge on any atom is -0.426 e. The molecule has 0 aliphatic heterocycles.